The summed E-state index contributed by atoms with van der Waals surface area (Å²) in [6.07, 6.45) is 0.142. The van der Waals surface area contributed by atoms with Crippen LogP contribution in [-0.2, 0) is 9.84 Å². The fraction of sp³-hybridized carbons (Fsp3) is 0.133. The summed E-state index contributed by atoms with van der Waals surface area (Å²) in [4.78, 5) is 4.04. The van der Waals surface area contributed by atoms with Crippen molar-refractivity contribution in [2.75, 3.05) is 6.26 Å². The highest BCUT2D eigenvalue weighted by Gasteiger charge is 2.47. The van der Waals surface area contributed by atoms with Crippen LogP contribution in [0.3, 0.4) is 0 Å². The van der Waals surface area contributed by atoms with Crippen LogP contribution in [0.4, 0.5) is 13.2 Å². The Kier molecular flexibility index (Phi) is 4.11. The van der Waals surface area contributed by atoms with Crippen LogP contribution in [-0.4, -0.2) is 46.2 Å². The molecule has 3 rings (SSSR count). The van der Waals surface area contributed by atoms with Gasteiger partial charge < -0.3 is 0 Å². The van der Waals surface area contributed by atoms with Crippen molar-refractivity contribution in [3.05, 3.63) is 48.8 Å². The van der Waals surface area contributed by atoms with E-state index in [0.717, 1.165) is 12.5 Å². The Morgan fingerprint density at radius 3 is 2.20 bits per heavy atom. The lowest BCUT2D eigenvalue weighted by Crippen LogP contribution is -2.55. The lowest BCUT2D eigenvalue weighted by atomic mass is 10.4. The molecule has 0 spiro atoms. The van der Waals surface area contributed by atoms with Gasteiger partial charge in [-0.15, -0.1) is 0 Å². The number of benzene rings is 1. The van der Waals surface area contributed by atoms with E-state index in [9.17, 15) is 21.6 Å². The Hall–Kier alpha value is -2.33. The summed E-state index contributed by atoms with van der Waals surface area (Å²) in [5.41, 5.74) is -1.05. The van der Waals surface area contributed by atoms with Gasteiger partial charge in [0.2, 0.25) is 0 Å². The van der Waals surface area contributed by atoms with Gasteiger partial charge in [0.05, 0.1) is 4.90 Å². The molecule has 1 atom stereocenters. The molecule has 0 N–H and O–H groups in total. The summed E-state index contributed by atoms with van der Waals surface area (Å²) in [5, 5.41) is 0.931. The third-order valence-corrected chi connectivity index (χ3v) is 8.13. The minimum atomic E-state index is -4.60. The van der Waals surface area contributed by atoms with Gasteiger partial charge in [-0.25, -0.2) is 8.42 Å². The zero-order valence-corrected chi connectivity index (χ0v) is 14.7. The SMILES string of the molecule is CS(=O)(=O)c1ccc([Si]2(c3cccnc3)N=CC(C(F)(F)F)=N2)cc1. The molecule has 2 heterocycles. The number of hydrogen-bond acceptors (Lipinski definition) is 5. The molecule has 0 fully saturated rings. The largest absolute Gasteiger partial charge is 0.433 e. The van der Waals surface area contributed by atoms with Gasteiger partial charge in [-0.3, -0.25) is 14.3 Å². The van der Waals surface area contributed by atoms with E-state index in [0.29, 0.717) is 10.4 Å². The van der Waals surface area contributed by atoms with Gasteiger partial charge in [0.15, 0.2) is 9.84 Å². The van der Waals surface area contributed by atoms with E-state index in [-0.39, 0.29) is 4.90 Å². The molecule has 1 aromatic carbocycles. The molecule has 25 heavy (non-hydrogen) atoms. The number of pyridine rings is 1. The molecule has 1 aliphatic rings. The van der Waals surface area contributed by atoms with Gasteiger partial charge in [-0.05, 0) is 23.4 Å². The zero-order valence-electron chi connectivity index (χ0n) is 12.9. The first-order valence-corrected chi connectivity index (χ1v) is 10.8. The highest BCUT2D eigenvalue weighted by molar-refractivity contribution is 7.90. The molecule has 0 saturated carbocycles. The molecular formula is C15H12F3N3O2SSi. The average Bonchev–Trinajstić information content (AvgIpc) is 3.02. The van der Waals surface area contributed by atoms with Crippen molar-refractivity contribution in [2.45, 2.75) is 11.1 Å². The lowest BCUT2D eigenvalue weighted by Gasteiger charge is -2.20. The van der Waals surface area contributed by atoms with Crippen molar-refractivity contribution in [1.82, 2.24) is 4.98 Å². The number of hydrogen-bond donors (Lipinski definition) is 0. The molecule has 1 aliphatic heterocycles. The summed E-state index contributed by atoms with van der Waals surface area (Å²) in [7, 11) is -6.87. The van der Waals surface area contributed by atoms with Crippen LogP contribution < -0.4 is 10.4 Å². The number of nitrogens with zero attached hydrogens (tertiary/aromatic N) is 3. The Bertz CT molecular complexity index is 958. The maximum Gasteiger partial charge on any atom is 0.433 e. The summed E-state index contributed by atoms with van der Waals surface area (Å²) >= 11 is 0. The highest BCUT2D eigenvalue weighted by atomic mass is 32.2. The van der Waals surface area contributed by atoms with Crippen molar-refractivity contribution < 1.29 is 21.6 Å². The number of halogens is 3. The van der Waals surface area contributed by atoms with Gasteiger partial charge in [-0.2, -0.15) is 13.2 Å². The van der Waals surface area contributed by atoms with Crippen molar-refractivity contribution in [3.63, 3.8) is 0 Å². The van der Waals surface area contributed by atoms with Crippen LogP contribution in [0.15, 0.2) is 63.0 Å². The molecule has 1 unspecified atom stereocenters. The first kappa shape index (κ1) is 17.5. The minimum absolute atomic E-state index is 0.0774. The fourth-order valence-electron chi connectivity index (χ4n) is 2.47. The highest BCUT2D eigenvalue weighted by Crippen LogP contribution is 2.23. The third-order valence-electron chi connectivity index (χ3n) is 3.70. The maximum absolute atomic E-state index is 13.1. The van der Waals surface area contributed by atoms with E-state index >= 15 is 0 Å². The quantitative estimate of drug-likeness (QED) is 0.746. The van der Waals surface area contributed by atoms with E-state index in [2.05, 4.69) is 14.3 Å². The smallest absolute Gasteiger partial charge is 0.293 e. The van der Waals surface area contributed by atoms with Crippen molar-refractivity contribution in [2.24, 2.45) is 9.32 Å². The van der Waals surface area contributed by atoms with E-state index < -0.39 is 30.1 Å². The standard InChI is InChI=1S/C15H12F3N3O2SSi/c1-24(22,23)11-4-6-12(7-5-11)25(13-3-2-8-19-9-13)20-10-14(21-25)15(16,17)18/h2-10H,1H3. The Morgan fingerprint density at radius 2 is 1.72 bits per heavy atom. The monoisotopic (exact) mass is 383 g/mol. The van der Waals surface area contributed by atoms with Crippen LogP contribution in [0.5, 0.6) is 0 Å². The molecular weight excluding hydrogens is 371 g/mol. The van der Waals surface area contributed by atoms with Gasteiger partial charge in [-0.1, -0.05) is 18.2 Å². The first-order chi connectivity index (χ1) is 11.6. The van der Waals surface area contributed by atoms with Crippen LogP contribution in [0.2, 0.25) is 0 Å². The topological polar surface area (TPSA) is 71.8 Å². The number of sulfone groups is 1. The van der Waals surface area contributed by atoms with Crippen molar-refractivity contribution >= 4 is 40.5 Å². The fourth-order valence-corrected chi connectivity index (χ4v) is 6.11. The van der Waals surface area contributed by atoms with E-state index in [4.69, 9.17) is 0 Å². The van der Waals surface area contributed by atoms with Crippen molar-refractivity contribution in [3.8, 4) is 0 Å². The Labute approximate surface area is 143 Å². The van der Waals surface area contributed by atoms with Crippen molar-refractivity contribution in [1.29, 1.82) is 0 Å². The second-order valence-electron chi connectivity index (χ2n) is 5.46. The predicted molar refractivity (Wildman–Crippen MR) is 90.8 cm³/mol. The number of rotatable bonds is 3. The van der Waals surface area contributed by atoms with Gasteiger partial charge in [0, 0.05) is 30.1 Å². The zero-order chi connectivity index (χ0) is 18.3. The van der Waals surface area contributed by atoms with E-state index in [1.165, 1.54) is 36.7 Å². The molecule has 0 aliphatic carbocycles. The van der Waals surface area contributed by atoms with Gasteiger partial charge in [0.1, 0.15) is 5.71 Å². The molecule has 0 bridgehead atoms. The van der Waals surface area contributed by atoms with Crippen LogP contribution >= 0.6 is 0 Å². The summed E-state index contributed by atoms with van der Waals surface area (Å²) < 4.78 is 70.5. The molecule has 0 radical (unpaired) electrons. The van der Waals surface area contributed by atoms with Gasteiger partial charge >= 0.3 is 14.6 Å². The number of alkyl halides is 3. The molecule has 130 valence electrons. The molecule has 1 aromatic heterocycles. The molecule has 10 heteroatoms. The summed E-state index contributed by atoms with van der Waals surface area (Å²) in [6, 6.07) is 8.87. The molecule has 5 nitrogen and oxygen atoms in total. The van der Waals surface area contributed by atoms with E-state index in [1.54, 1.807) is 12.1 Å². The van der Waals surface area contributed by atoms with Crippen LogP contribution in [0, 0.1) is 0 Å². The predicted octanol–water partition coefficient (Wildman–Crippen LogP) is 1.13. The average molecular weight is 383 g/mol. The Morgan fingerprint density at radius 1 is 1.04 bits per heavy atom. The number of aromatic nitrogens is 1. The molecule has 0 saturated heterocycles. The van der Waals surface area contributed by atoms with E-state index in [1.807, 2.05) is 0 Å². The summed E-state index contributed by atoms with van der Waals surface area (Å²) in [6.45, 7) is 0. The Balaban J connectivity index is 2.18. The first-order valence-electron chi connectivity index (χ1n) is 7.06. The van der Waals surface area contributed by atoms with Crippen LogP contribution in [0.25, 0.3) is 0 Å². The molecule has 0 amide bonds. The third kappa shape index (κ3) is 3.26. The second-order valence-corrected chi connectivity index (χ2v) is 10.5. The lowest BCUT2D eigenvalue weighted by molar-refractivity contribution is -0.0561. The summed E-state index contributed by atoms with van der Waals surface area (Å²) in [5.74, 6) is 0. The molecule has 2 aromatic rings. The van der Waals surface area contributed by atoms with Gasteiger partial charge in [0.25, 0.3) is 0 Å². The second kappa shape index (κ2) is 5.88. The maximum atomic E-state index is 13.1. The van der Waals surface area contributed by atoms with Crippen LogP contribution in [0.1, 0.15) is 0 Å². The minimum Gasteiger partial charge on any atom is -0.293 e. The normalized spacial score (nSPS) is 20.6.